The summed E-state index contributed by atoms with van der Waals surface area (Å²) in [7, 11) is 0. The van der Waals surface area contributed by atoms with Crippen molar-refractivity contribution in [2.75, 3.05) is 5.32 Å². The van der Waals surface area contributed by atoms with Gasteiger partial charge >= 0.3 is 0 Å². The van der Waals surface area contributed by atoms with Gasteiger partial charge in [-0.25, -0.2) is 4.98 Å². The number of hydrogen-bond acceptors (Lipinski definition) is 3. The molecule has 4 rings (SSSR count). The molecule has 0 spiro atoms. The van der Waals surface area contributed by atoms with Crippen molar-refractivity contribution in [3.05, 3.63) is 79.7 Å². The van der Waals surface area contributed by atoms with Crippen LogP contribution < -0.4 is 5.32 Å². The third kappa shape index (κ3) is 3.85. The molecule has 1 heterocycles. The molecule has 1 amide bonds. The molecule has 0 aliphatic carbocycles. The molecule has 1 aromatic heterocycles. The minimum absolute atomic E-state index is 0.295. The number of aromatic nitrogens is 1. The highest BCUT2D eigenvalue weighted by Crippen LogP contribution is 2.29. The van der Waals surface area contributed by atoms with Crippen LogP contribution in [0.3, 0.4) is 0 Å². The van der Waals surface area contributed by atoms with Crippen LogP contribution in [-0.4, -0.2) is 10.9 Å². The van der Waals surface area contributed by atoms with Crippen LogP contribution in [0.15, 0.2) is 68.0 Å². The Kier molecular flexibility index (Phi) is 5.27. The Morgan fingerprint density at radius 3 is 2.68 bits per heavy atom. The van der Waals surface area contributed by atoms with Crippen molar-refractivity contribution in [2.45, 2.75) is 6.92 Å². The van der Waals surface area contributed by atoms with Crippen molar-refractivity contribution in [1.29, 1.82) is 0 Å². The minimum atomic E-state index is -0.295. The number of carbonyl (C=O) groups is 1. The van der Waals surface area contributed by atoms with Crippen LogP contribution in [0.5, 0.6) is 0 Å². The van der Waals surface area contributed by atoms with Crippen molar-refractivity contribution in [3.63, 3.8) is 0 Å². The molecule has 0 aliphatic rings. The van der Waals surface area contributed by atoms with Gasteiger partial charge in [-0.05, 0) is 61.0 Å². The molecule has 4 aromatic rings. The van der Waals surface area contributed by atoms with E-state index in [0.717, 1.165) is 20.1 Å². The molecule has 0 saturated carbocycles. The smallest absolute Gasteiger partial charge is 0.257 e. The number of fused-ring (bicyclic) bond motifs is 1. The van der Waals surface area contributed by atoms with E-state index in [1.54, 1.807) is 36.4 Å². The Hall–Kier alpha value is -2.15. The number of amides is 1. The fraction of sp³-hybridized carbons (Fsp3) is 0.0476. The van der Waals surface area contributed by atoms with Crippen LogP contribution in [0.25, 0.3) is 22.6 Å². The molecule has 0 radical (unpaired) electrons. The second-order valence-electron chi connectivity index (χ2n) is 6.24. The van der Waals surface area contributed by atoms with Crippen LogP contribution in [0.1, 0.15) is 15.9 Å². The Bertz CT molecular complexity index is 1220. The maximum absolute atomic E-state index is 12.6. The van der Waals surface area contributed by atoms with Crippen LogP contribution in [0, 0.1) is 6.92 Å². The summed E-state index contributed by atoms with van der Waals surface area (Å²) in [4.78, 5) is 17.1. The lowest BCUT2D eigenvalue weighted by molar-refractivity contribution is 0.102. The number of anilines is 1. The van der Waals surface area contributed by atoms with E-state index >= 15 is 0 Å². The van der Waals surface area contributed by atoms with Crippen molar-refractivity contribution in [3.8, 4) is 11.5 Å². The molecular formula is C21H13Br2ClN2O2. The number of halogens is 3. The van der Waals surface area contributed by atoms with Crippen LogP contribution in [0.4, 0.5) is 5.69 Å². The molecule has 140 valence electrons. The maximum atomic E-state index is 12.6. The van der Waals surface area contributed by atoms with E-state index in [2.05, 4.69) is 42.2 Å². The lowest BCUT2D eigenvalue weighted by atomic mass is 10.1. The summed E-state index contributed by atoms with van der Waals surface area (Å²) < 4.78 is 7.63. The van der Waals surface area contributed by atoms with Gasteiger partial charge in [0.05, 0.1) is 10.6 Å². The van der Waals surface area contributed by atoms with E-state index in [9.17, 15) is 4.79 Å². The first-order valence-electron chi connectivity index (χ1n) is 8.34. The average Bonchev–Trinajstić information content (AvgIpc) is 3.09. The van der Waals surface area contributed by atoms with Gasteiger partial charge in [-0.2, -0.15) is 0 Å². The Morgan fingerprint density at radius 2 is 1.89 bits per heavy atom. The zero-order valence-electron chi connectivity index (χ0n) is 14.6. The van der Waals surface area contributed by atoms with Gasteiger partial charge < -0.3 is 9.73 Å². The molecule has 0 atom stereocenters. The van der Waals surface area contributed by atoms with Gasteiger partial charge in [-0.15, -0.1) is 0 Å². The van der Waals surface area contributed by atoms with E-state index < -0.39 is 0 Å². The molecule has 0 bridgehead atoms. The number of oxazole rings is 1. The van der Waals surface area contributed by atoms with E-state index in [4.69, 9.17) is 16.0 Å². The molecule has 7 heteroatoms. The highest BCUT2D eigenvalue weighted by atomic mass is 79.9. The molecule has 0 unspecified atom stereocenters. The molecule has 0 aliphatic heterocycles. The highest BCUT2D eigenvalue weighted by Gasteiger charge is 2.14. The Balaban J connectivity index is 1.63. The van der Waals surface area contributed by atoms with Crippen molar-refractivity contribution in [1.82, 2.24) is 4.98 Å². The summed E-state index contributed by atoms with van der Waals surface area (Å²) in [5, 5.41) is 3.24. The lowest BCUT2D eigenvalue weighted by Gasteiger charge is -2.07. The maximum Gasteiger partial charge on any atom is 0.257 e. The highest BCUT2D eigenvalue weighted by molar-refractivity contribution is 9.10. The van der Waals surface area contributed by atoms with E-state index in [1.165, 1.54) is 0 Å². The molecule has 0 saturated heterocycles. The van der Waals surface area contributed by atoms with Crippen molar-refractivity contribution >= 4 is 66.2 Å². The molecular weight excluding hydrogens is 508 g/mol. The number of nitrogens with one attached hydrogen (secondary N) is 1. The average molecular weight is 521 g/mol. The summed E-state index contributed by atoms with van der Waals surface area (Å²) >= 11 is 13.0. The fourth-order valence-electron chi connectivity index (χ4n) is 2.72. The first-order valence-corrected chi connectivity index (χ1v) is 10.3. The first-order chi connectivity index (χ1) is 13.4. The SMILES string of the molecule is Cc1ccc(-c2nc3cc(NC(=O)c4cc(Br)ccc4Cl)ccc3o2)cc1Br. The summed E-state index contributed by atoms with van der Waals surface area (Å²) in [6, 6.07) is 16.4. The largest absolute Gasteiger partial charge is 0.436 e. The number of aryl methyl sites for hydroxylation is 1. The summed E-state index contributed by atoms with van der Waals surface area (Å²) in [6.07, 6.45) is 0. The molecule has 3 aromatic carbocycles. The number of nitrogens with zero attached hydrogens (tertiary/aromatic N) is 1. The van der Waals surface area contributed by atoms with Gasteiger partial charge in [0, 0.05) is 20.2 Å². The fourth-order valence-corrected chi connectivity index (χ4v) is 3.67. The molecule has 4 nitrogen and oxygen atoms in total. The zero-order valence-corrected chi connectivity index (χ0v) is 18.5. The summed E-state index contributed by atoms with van der Waals surface area (Å²) in [5.74, 6) is 0.228. The van der Waals surface area contributed by atoms with Crippen LogP contribution in [0.2, 0.25) is 5.02 Å². The van der Waals surface area contributed by atoms with Gasteiger partial charge in [-0.1, -0.05) is 49.5 Å². The quantitative estimate of drug-likeness (QED) is 0.310. The van der Waals surface area contributed by atoms with Crippen LogP contribution >= 0.6 is 43.5 Å². The zero-order chi connectivity index (χ0) is 19.8. The number of rotatable bonds is 3. The molecule has 0 fully saturated rings. The normalized spacial score (nSPS) is 11.0. The monoisotopic (exact) mass is 518 g/mol. The molecule has 1 N–H and O–H groups in total. The van der Waals surface area contributed by atoms with Crippen molar-refractivity contribution in [2.24, 2.45) is 0 Å². The second-order valence-corrected chi connectivity index (χ2v) is 8.42. The van der Waals surface area contributed by atoms with Gasteiger partial charge in [0.15, 0.2) is 5.58 Å². The first kappa shape index (κ1) is 19.2. The predicted octanol–water partition coefficient (Wildman–Crippen LogP) is 7.23. The second kappa shape index (κ2) is 7.70. The topological polar surface area (TPSA) is 55.1 Å². The minimum Gasteiger partial charge on any atom is -0.436 e. The molecule has 28 heavy (non-hydrogen) atoms. The number of benzene rings is 3. The number of carbonyl (C=O) groups excluding carboxylic acids is 1. The van der Waals surface area contributed by atoms with E-state index in [0.29, 0.717) is 33.3 Å². The van der Waals surface area contributed by atoms with E-state index in [1.807, 2.05) is 25.1 Å². The summed E-state index contributed by atoms with van der Waals surface area (Å²) in [5.41, 5.74) is 4.31. The third-order valence-corrected chi connectivity index (χ3v) is 5.91. The van der Waals surface area contributed by atoms with E-state index in [-0.39, 0.29) is 5.91 Å². The lowest BCUT2D eigenvalue weighted by Crippen LogP contribution is -2.12. The third-order valence-electron chi connectivity index (χ3n) is 4.24. The Morgan fingerprint density at radius 1 is 1.07 bits per heavy atom. The van der Waals surface area contributed by atoms with Gasteiger partial charge in [0.1, 0.15) is 5.52 Å². The van der Waals surface area contributed by atoms with Gasteiger partial charge in [0.25, 0.3) is 5.91 Å². The van der Waals surface area contributed by atoms with Gasteiger partial charge in [0.2, 0.25) is 5.89 Å². The summed E-state index contributed by atoms with van der Waals surface area (Å²) in [6.45, 7) is 2.02. The Labute approximate surface area is 183 Å². The van der Waals surface area contributed by atoms with Crippen molar-refractivity contribution < 1.29 is 9.21 Å². The number of hydrogen-bond donors (Lipinski definition) is 1. The van der Waals surface area contributed by atoms with Gasteiger partial charge in [-0.3, -0.25) is 4.79 Å². The standard InChI is InChI=1S/C21H13Br2ClN2O2/c1-11-2-3-12(8-16(11)23)21-26-18-10-14(5-7-19(18)28-21)25-20(27)15-9-13(22)4-6-17(15)24/h2-10H,1H3,(H,25,27). The van der Waals surface area contributed by atoms with Crippen LogP contribution in [-0.2, 0) is 0 Å². The predicted molar refractivity (Wildman–Crippen MR) is 119 cm³/mol.